The van der Waals surface area contributed by atoms with E-state index < -0.39 is 12.0 Å². The van der Waals surface area contributed by atoms with Gasteiger partial charge in [-0.2, -0.15) is 0 Å². The van der Waals surface area contributed by atoms with Crippen molar-refractivity contribution in [3.8, 4) is 5.75 Å². The van der Waals surface area contributed by atoms with E-state index in [1.165, 1.54) is 0 Å². The first kappa shape index (κ1) is 8.87. The molecule has 1 aliphatic rings. The first-order valence-electron chi connectivity index (χ1n) is 4.40. The predicted molar refractivity (Wildman–Crippen MR) is 51.7 cm³/mol. The first-order chi connectivity index (χ1) is 6.68. The molecule has 1 aromatic carbocycles. The highest BCUT2D eigenvalue weighted by molar-refractivity contribution is 5.79. The number of hydrogen-bond donors (Lipinski definition) is 2. The molecule has 0 aromatic heterocycles. The molecular weight excluding hydrogens is 182 g/mol. The third-order valence-electron chi connectivity index (χ3n) is 2.23. The Hall–Kier alpha value is -1.71. The number of para-hydroxylation sites is 1. The molecule has 0 aliphatic carbocycles. The van der Waals surface area contributed by atoms with Crippen molar-refractivity contribution in [2.24, 2.45) is 0 Å². The average molecular weight is 193 g/mol. The fraction of sp³-hybridized carbons (Fsp3) is 0.300. The van der Waals surface area contributed by atoms with Crippen LogP contribution in [0.4, 0.5) is 5.69 Å². The summed E-state index contributed by atoms with van der Waals surface area (Å²) < 4.78 is 5.38. The zero-order valence-electron chi connectivity index (χ0n) is 7.78. The van der Waals surface area contributed by atoms with Crippen molar-refractivity contribution in [3.63, 3.8) is 0 Å². The average Bonchev–Trinajstić information content (AvgIpc) is 2.17. The molecule has 0 radical (unpaired) electrons. The summed E-state index contributed by atoms with van der Waals surface area (Å²) in [5.74, 6) is -0.137. The van der Waals surface area contributed by atoms with Crippen molar-refractivity contribution >= 4 is 11.7 Å². The number of rotatable bonds is 1. The Labute approximate surface area is 81.5 Å². The molecule has 2 N–H and O–H groups in total. The Kier molecular flexibility index (Phi) is 2.04. The summed E-state index contributed by atoms with van der Waals surface area (Å²) in [4.78, 5) is 10.7. The van der Waals surface area contributed by atoms with E-state index in [4.69, 9.17) is 9.84 Å². The van der Waals surface area contributed by atoms with Crippen LogP contribution in [0.15, 0.2) is 18.2 Å². The van der Waals surface area contributed by atoms with E-state index in [9.17, 15) is 4.79 Å². The van der Waals surface area contributed by atoms with Gasteiger partial charge < -0.3 is 15.2 Å². The number of benzene rings is 1. The van der Waals surface area contributed by atoms with Crippen LogP contribution in [0.5, 0.6) is 5.75 Å². The van der Waals surface area contributed by atoms with Crippen LogP contribution in [0.25, 0.3) is 0 Å². The maximum atomic E-state index is 10.7. The molecule has 74 valence electrons. The molecule has 4 heteroatoms. The quantitative estimate of drug-likeness (QED) is 0.704. The third kappa shape index (κ3) is 1.39. The van der Waals surface area contributed by atoms with Crippen LogP contribution in [0.3, 0.4) is 0 Å². The van der Waals surface area contributed by atoms with E-state index in [1.54, 1.807) is 0 Å². The summed E-state index contributed by atoms with van der Waals surface area (Å²) in [6, 6.07) is 4.97. The maximum Gasteiger partial charge on any atom is 0.329 e. The van der Waals surface area contributed by atoms with Crippen LogP contribution in [0.1, 0.15) is 5.56 Å². The van der Waals surface area contributed by atoms with E-state index in [2.05, 4.69) is 5.32 Å². The Bertz CT molecular complexity index is 376. The van der Waals surface area contributed by atoms with Crippen LogP contribution in [0, 0.1) is 6.92 Å². The molecule has 0 amide bonds. The number of aryl methyl sites for hydroxylation is 1. The number of carboxylic acid groups (broad SMARTS) is 1. The second-order valence-electron chi connectivity index (χ2n) is 3.30. The van der Waals surface area contributed by atoms with Crippen molar-refractivity contribution < 1.29 is 14.6 Å². The van der Waals surface area contributed by atoms with Gasteiger partial charge in [0.25, 0.3) is 0 Å². The lowest BCUT2D eigenvalue weighted by atomic mass is 10.1. The summed E-state index contributed by atoms with van der Waals surface area (Å²) in [5, 5.41) is 11.7. The smallest absolute Gasteiger partial charge is 0.329 e. The first-order valence-corrected chi connectivity index (χ1v) is 4.40. The molecule has 4 nitrogen and oxygen atoms in total. The molecule has 1 atom stereocenters. The highest BCUT2D eigenvalue weighted by Crippen LogP contribution is 2.31. The summed E-state index contributed by atoms with van der Waals surface area (Å²) in [7, 11) is 0. The van der Waals surface area contributed by atoms with Crippen molar-refractivity contribution in [2.75, 3.05) is 11.9 Å². The topological polar surface area (TPSA) is 58.6 Å². The molecule has 2 rings (SSSR count). The Morgan fingerprint density at radius 2 is 2.43 bits per heavy atom. The molecule has 0 bridgehead atoms. The minimum Gasteiger partial charge on any atom is -0.488 e. The lowest BCUT2D eigenvalue weighted by Gasteiger charge is -2.25. The van der Waals surface area contributed by atoms with Crippen molar-refractivity contribution in [2.45, 2.75) is 13.0 Å². The highest BCUT2D eigenvalue weighted by Gasteiger charge is 2.25. The monoisotopic (exact) mass is 193 g/mol. The number of fused-ring (bicyclic) bond motifs is 1. The van der Waals surface area contributed by atoms with E-state index in [-0.39, 0.29) is 6.61 Å². The van der Waals surface area contributed by atoms with Gasteiger partial charge in [-0.3, -0.25) is 0 Å². The van der Waals surface area contributed by atoms with Crippen molar-refractivity contribution in [1.29, 1.82) is 0 Å². The van der Waals surface area contributed by atoms with Gasteiger partial charge in [-0.1, -0.05) is 12.1 Å². The Morgan fingerprint density at radius 1 is 1.64 bits per heavy atom. The van der Waals surface area contributed by atoms with Gasteiger partial charge in [0.15, 0.2) is 6.04 Å². The van der Waals surface area contributed by atoms with Gasteiger partial charge in [-0.05, 0) is 18.6 Å². The maximum absolute atomic E-state index is 10.7. The lowest BCUT2D eigenvalue weighted by Crippen LogP contribution is -2.38. The van der Waals surface area contributed by atoms with Gasteiger partial charge in [-0.25, -0.2) is 4.79 Å². The van der Waals surface area contributed by atoms with Crippen molar-refractivity contribution in [1.82, 2.24) is 0 Å². The molecule has 0 fully saturated rings. The fourth-order valence-corrected chi connectivity index (χ4v) is 1.49. The van der Waals surface area contributed by atoms with Gasteiger partial charge in [0.1, 0.15) is 12.4 Å². The molecule has 0 saturated heterocycles. The van der Waals surface area contributed by atoms with Crippen LogP contribution in [-0.2, 0) is 4.79 Å². The summed E-state index contributed by atoms with van der Waals surface area (Å²) in [5.41, 5.74) is 1.77. The van der Waals surface area contributed by atoms with Crippen LogP contribution >= 0.6 is 0 Å². The summed E-state index contributed by atoms with van der Waals surface area (Å²) in [6.45, 7) is 2.11. The molecular formula is C10H11NO3. The van der Waals surface area contributed by atoms with E-state index in [1.807, 2.05) is 25.1 Å². The van der Waals surface area contributed by atoms with E-state index in [0.29, 0.717) is 0 Å². The second kappa shape index (κ2) is 3.21. The zero-order valence-corrected chi connectivity index (χ0v) is 7.78. The Morgan fingerprint density at radius 3 is 3.14 bits per heavy atom. The van der Waals surface area contributed by atoms with E-state index in [0.717, 1.165) is 17.0 Å². The summed E-state index contributed by atoms with van der Waals surface area (Å²) >= 11 is 0. The van der Waals surface area contributed by atoms with Crippen LogP contribution < -0.4 is 10.1 Å². The second-order valence-corrected chi connectivity index (χ2v) is 3.30. The number of aliphatic carboxylic acids is 1. The fourth-order valence-electron chi connectivity index (χ4n) is 1.49. The predicted octanol–water partition coefficient (Wildman–Crippen LogP) is 1.25. The number of ether oxygens (including phenoxy) is 1. The Balaban J connectivity index is 2.31. The van der Waals surface area contributed by atoms with E-state index >= 15 is 0 Å². The molecule has 1 aromatic rings. The number of anilines is 1. The number of nitrogens with one attached hydrogen (secondary N) is 1. The molecule has 1 unspecified atom stereocenters. The van der Waals surface area contributed by atoms with Gasteiger partial charge >= 0.3 is 5.97 Å². The van der Waals surface area contributed by atoms with Crippen LogP contribution in [-0.4, -0.2) is 23.7 Å². The summed E-state index contributed by atoms with van der Waals surface area (Å²) in [6.07, 6.45) is 0. The SMILES string of the molecule is Cc1cccc2c1OCC(C(=O)O)N2. The molecule has 1 aliphatic heterocycles. The largest absolute Gasteiger partial charge is 0.488 e. The number of carbonyl (C=O) groups is 1. The van der Waals surface area contributed by atoms with Crippen LogP contribution in [0.2, 0.25) is 0 Å². The normalized spacial score (nSPS) is 19.1. The van der Waals surface area contributed by atoms with Gasteiger partial charge in [0.2, 0.25) is 0 Å². The standard InChI is InChI=1S/C10H11NO3/c1-6-3-2-4-7-9(6)14-5-8(11-7)10(12)13/h2-4,8,11H,5H2,1H3,(H,12,13). The third-order valence-corrected chi connectivity index (χ3v) is 2.23. The number of carboxylic acids is 1. The number of hydrogen-bond acceptors (Lipinski definition) is 3. The lowest BCUT2D eigenvalue weighted by molar-refractivity contribution is -0.138. The molecule has 0 saturated carbocycles. The van der Waals surface area contributed by atoms with Crippen molar-refractivity contribution in [3.05, 3.63) is 23.8 Å². The molecule has 0 spiro atoms. The minimum atomic E-state index is -0.892. The zero-order chi connectivity index (χ0) is 10.1. The van der Waals surface area contributed by atoms with Gasteiger partial charge in [0, 0.05) is 0 Å². The van der Waals surface area contributed by atoms with Gasteiger partial charge in [-0.15, -0.1) is 0 Å². The van der Waals surface area contributed by atoms with Gasteiger partial charge in [0.05, 0.1) is 5.69 Å². The minimum absolute atomic E-state index is 0.174. The highest BCUT2D eigenvalue weighted by atomic mass is 16.5. The molecule has 14 heavy (non-hydrogen) atoms. The molecule has 1 heterocycles.